The molecule has 0 unspecified atom stereocenters. The standard InChI is InChI=1S/C24H27N5O3/c30-24(26-18-8-10-20(11-9-18)31-19-5-1-2-6-19)29-15-12-17(13-16-29)23-27-22(28-32-23)21-7-3-4-14-25-21/h3-4,7-11,14,17,19H,1-2,5-6,12-13,15-16H2,(H,26,30). The first-order chi connectivity index (χ1) is 15.7. The lowest BCUT2D eigenvalue weighted by Gasteiger charge is -2.30. The van der Waals surface area contributed by atoms with Crippen LogP contribution in [0.3, 0.4) is 0 Å². The Morgan fingerprint density at radius 1 is 1.03 bits per heavy atom. The van der Waals surface area contributed by atoms with Crippen molar-refractivity contribution in [2.75, 3.05) is 18.4 Å². The molecule has 2 fully saturated rings. The minimum absolute atomic E-state index is 0.0902. The fourth-order valence-corrected chi connectivity index (χ4v) is 4.35. The average molecular weight is 434 g/mol. The smallest absolute Gasteiger partial charge is 0.321 e. The van der Waals surface area contributed by atoms with Crippen LogP contribution in [0.25, 0.3) is 11.5 Å². The van der Waals surface area contributed by atoms with Gasteiger partial charge in [-0.05, 0) is 74.9 Å². The number of ether oxygens (including phenoxy) is 1. The van der Waals surface area contributed by atoms with Gasteiger partial charge in [-0.25, -0.2) is 4.79 Å². The normalized spacial score (nSPS) is 17.4. The fraction of sp³-hybridized carbons (Fsp3) is 0.417. The van der Waals surface area contributed by atoms with Crippen molar-refractivity contribution in [3.8, 4) is 17.3 Å². The van der Waals surface area contributed by atoms with Crippen LogP contribution in [0, 0.1) is 0 Å². The largest absolute Gasteiger partial charge is 0.490 e. The van der Waals surface area contributed by atoms with Crippen molar-refractivity contribution < 1.29 is 14.1 Å². The molecule has 0 radical (unpaired) electrons. The van der Waals surface area contributed by atoms with E-state index >= 15 is 0 Å². The number of carbonyl (C=O) groups is 1. The van der Waals surface area contributed by atoms with Gasteiger partial charge in [0.15, 0.2) is 0 Å². The molecule has 0 bridgehead atoms. The molecular formula is C24H27N5O3. The molecule has 2 amide bonds. The van der Waals surface area contributed by atoms with Crippen LogP contribution < -0.4 is 10.1 Å². The molecule has 1 N–H and O–H groups in total. The van der Waals surface area contributed by atoms with Gasteiger partial charge in [0.25, 0.3) is 0 Å². The highest BCUT2D eigenvalue weighted by Crippen LogP contribution is 2.29. The molecule has 2 aromatic heterocycles. The first-order valence-corrected chi connectivity index (χ1v) is 11.3. The Hall–Kier alpha value is -3.42. The zero-order valence-electron chi connectivity index (χ0n) is 17.9. The average Bonchev–Trinajstić information content (AvgIpc) is 3.54. The lowest BCUT2D eigenvalue weighted by atomic mass is 9.97. The van der Waals surface area contributed by atoms with Crippen molar-refractivity contribution in [1.82, 2.24) is 20.0 Å². The molecule has 0 atom stereocenters. The molecule has 1 aliphatic heterocycles. The van der Waals surface area contributed by atoms with E-state index in [0.717, 1.165) is 37.1 Å². The second-order valence-electron chi connectivity index (χ2n) is 8.41. The highest BCUT2D eigenvalue weighted by molar-refractivity contribution is 5.89. The van der Waals surface area contributed by atoms with Crippen molar-refractivity contribution in [3.05, 3.63) is 54.6 Å². The summed E-state index contributed by atoms with van der Waals surface area (Å²) >= 11 is 0. The Labute approximate surface area is 187 Å². The Bertz CT molecular complexity index is 1020. The molecular weight excluding hydrogens is 406 g/mol. The molecule has 5 rings (SSSR count). The SMILES string of the molecule is O=C(Nc1ccc(OC2CCCC2)cc1)N1CCC(c2nc(-c3ccccn3)no2)CC1. The van der Waals surface area contributed by atoms with Crippen molar-refractivity contribution in [1.29, 1.82) is 0 Å². The molecule has 1 aliphatic carbocycles. The van der Waals surface area contributed by atoms with E-state index in [4.69, 9.17) is 9.26 Å². The Balaban J connectivity index is 1.12. The van der Waals surface area contributed by atoms with Crippen LogP contribution in [0.2, 0.25) is 0 Å². The van der Waals surface area contributed by atoms with Gasteiger partial charge in [-0.2, -0.15) is 4.98 Å². The van der Waals surface area contributed by atoms with Gasteiger partial charge in [0.1, 0.15) is 11.4 Å². The van der Waals surface area contributed by atoms with Gasteiger partial charge in [0.2, 0.25) is 11.7 Å². The summed E-state index contributed by atoms with van der Waals surface area (Å²) in [6, 6.07) is 13.2. The van der Waals surface area contributed by atoms with Crippen LogP contribution in [0.4, 0.5) is 10.5 Å². The maximum Gasteiger partial charge on any atom is 0.321 e. The number of carbonyl (C=O) groups excluding carboxylic acids is 1. The number of urea groups is 1. The maximum absolute atomic E-state index is 12.7. The van der Waals surface area contributed by atoms with Gasteiger partial charge in [-0.1, -0.05) is 11.2 Å². The number of aromatic nitrogens is 3. The molecule has 32 heavy (non-hydrogen) atoms. The third-order valence-electron chi connectivity index (χ3n) is 6.18. The predicted octanol–water partition coefficient (Wildman–Crippen LogP) is 4.86. The molecule has 1 aromatic carbocycles. The quantitative estimate of drug-likeness (QED) is 0.617. The maximum atomic E-state index is 12.7. The molecule has 1 saturated carbocycles. The van der Waals surface area contributed by atoms with E-state index in [0.29, 0.717) is 36.6 Å². The van der Waals surface area contributed by atoms with Crippen molar-refractivity contribution in [3.63, 3.8) is 0 Å². The van der Waals surface area contributed by atoms with Crippen molar-refractivity contribution >= 4 is 11.7 Å². The molecule has 2 aliphatic rings. The summed E-state index contributed by atoms with van der Waals surface area (Å²) < 4.78 is 11.5. The van der Waals surface area contributed by atoms with Crippen molar-refractivity contribution in [2.45, 2.75) is 50.5 Å². The first kappa shape index (κ1) is 20.5. The third kappa shape index (κ3) is 4.74. The monoisotopic (exact) mass is 433 g/mol. The van der Waals surface area contributed by atoms with Gasteiger partial charge < -0.3 is 19.5 Å². The number of rotatable bonds is 5. The lowest BCUT2D eigenvalue weighted by Crippen LogP contribution is -2.40. The van der Waals surface area contributed by atoms with Crippen LogP contribution in [0.1, 0.15) is 50.3 Å². The number of piperidine rings is 1. The number of nitrogens with one attached hydrogen (secondary N) is 1. The van der Waals surface area contributed by atoms with E-state index in [1.807, 2.05) is 47.4 Å². The van der Waals surface area contributed by atoms with E-state index in [-0.39, 0.29) is 11.9 Å². The van der Waals surface area contributed by atoms with Crippen molar-refractivity contribution in [2.24, 2.45) is 0 Å². The van der Waals surface area contributed by atoms with Crippen LogP contribution in [0.5, 0.6) is 5.75 Å². The molecule has 8 heteroatoms. The van der Waals surface area contributed by atoms with Gasteiger partial charge >= 0.3 is 6.03 Å². The zero-order chi connectivity index (χ0) is 21.8. The number of pyridine rings is 1. The molecule has 0 spiro atoms. The van der Waals surface area contributed by atoms with Crippen LogP contribution in [-0.4, -0.2) is 45.2 Å². The number of likely N-dealkylation sites (tertiary alicyclic amines) is 1. The highest BCUT2D eigenvalue weighted by atomic mass is 16.5. The van der Waals surface area contributed by atoms with Crippen LogP contribution in [0.15, 0.2) is 53.2 Å². The number of amides is 2. The minimum Gasteiger partial charge on any atom is -0.490 e. The van der Waals surface area contributed by atoms with Crippen LogP contribution in [-0.2, 0) is 0 Å². The van der Waals surface area contributed by atoms with E-state index in [2.05, 4.69) is 20.4 Å². The second kappa shape index (κ2) is 9.38. The first-order valence-electron chi connectivity index (χ1n) is 11.3. The topological polar surface area (TPSA) is 93.4 Å². The van der Waals surface area contributed by atoms with E-state index in [1.165, 1.54) is 12.8 Å². The molecule has 3 heterocycles. The third-order valence-corrected chi connectivity index (χ3v) is 6.18. The van der Waals surface area contributed by atoms with E-state index in [9.17, 15) is 4.79 Å². The number of hydrogen-bond acceptors (Lipinski definition) is 6. The molecule has 1 saturated heterocycles. The summed E-state index contributed by atoms with van der Waals surface area (Å²) in [5, 5.41) is 7.04. The van der Waals surface area contributed by atoms with Gasteiger partial charge in [0, 0.05) is 30.9 Å². The number of anilines is 1. The fourth-order valence-electron chi connectivity index (χ4n) is 4.35. The molecule has 8 nitrogen and oxygen atoms in total. The van der Waals surface area contributed by atoms with Crippen LogP contribution >= 0.6 is 0 Å². The van der Waals surface area contributed by atoms with E-state index in [1.54, 1.807) is 6.20 Å². The zero-order valence-corrected chi connectivity index (χ0v) is 17.9. The molecule has 166 valence electrons. The summed E-state index contributed by atoms with van der Waals surface area (Å²) in [5.41, 5.74) is 1.46. The summed E-state index contributed by atoms with van der Waals surface area (Å²) in [6.45, 7) is 1.28. The second-order valence-corrected chi connectivity index (χ2v) is 8.41. The summed E-state index contributed by atoms with van der Waals surface area (Å²) in [4.78, 5) is 23.3. The number of nitrogens with zero attached hydrogens (tertiary/aromatic N) is 4. The van der Waals surface area contributed by atoms with Gasteiger partial charge in [-0.15, -0.1) is 0 Å². The predicted molar refractivity (Wildman–Crippen MR) is 119 cm³/mol. The summed E-state index contributed by atoms with van der Waals surface area (Å²) in [7, 11) is 0. The lowest BCUT2D eigenvalue weighted by molar-refractivity contribution is 0.187. The van der Waals surface area contributed by atoms with Gasteiger partial charge in [0.05, 0.1) is 6.10 Å². The number of benzene rings is 1. The van der Waals surface area contributed by atoms with E-state index < -0.39 is 0 Å². The Morgan fingerprint density at radius 3 is 2.53 bits per heavy atom. The number of hydrogen-bond donors (Lipinski definition) is 1. The Morgan fingerprint density at radius 2 is 1.81 bits per heavy atom. The minimum atomic E-state index is -0.0902. The molecule has 3 aromatic rings. The summed E-state index contributed by atoms with van der Waals surface area (Å²) in [5.74, 6) is 2.13. The van der Waals surface area contributed by atoms with Gasteiger partial charge in [-0.3, -0.25) is 4.98 Å². The summed E-state index contributed by atoms with van der Waals surface area (Å²) in [6.07, 6.45) is 8.34. The highest BCUT2D eigenvalue weighted by Gasteiger charge is 2.28. The Kier molecular flexibility index (Phi) is 6.00.